The van der Waals surface area contributed by atoms with Crippen LogP contribution in [0.5, 0.6) is 5.75 Å². The summed E-state index contributed by atoms with van der Waals surface area (Å²) in [5.41, 5.74) is 3.06. The minimum Gasteiger partial charge on any atom is -0.433 e. The Morgan fingerprint density at radius 1 is 1.19 bits per heavy atom. The second-order valence-corrected chi connectivity index (χ2v) is 4.41. The first-order valence-corrected chi connectivity index (χ1v) is 6.27. The van der Waals surface area contributed by atoms with Crippen LogP contribution in [0.1, 0.15) is 19.4 Å². The molecule has 0 fully saturated rings. The molecule has 0 saturated heterocycles. The van der Waals surface area contributed by atoms with Crippen molar-refractivity contribution in [2.45, 2.75) is 20.5 Å². The van der Waals surface area contributed by atoms with E-state index in [2.05, 4.69) is 15.3 Å². The van der Waals surface area contributed by atoms with Gasteiger partial charge in [0.15, 0.2) is 0 Å². The molecule has 0 bridgehead atoms. The zero-order chi connectivity index (χ0) is 15.4. The van der Waals surface area contributed by atoms with Gasteiger partial charge in [-0.3, -0.25) is 4.79 Å². The number of benzene rings is 2. The SMILES string of the molecule is CC(=O)N/N=C(\C)c1ccc2ccccc2c1OC(F)F. The number of hydrogen-bond donors (Lipinski definition) is 1. The highest BCUT2D eigenvalue weighted by atomic mass is 19.3. The number of rotatable bonds is 4. The summed E-state index contributed by atoms with van der Waals surface area (Å²) in [6.45, 7) is -0.0188. The lowest BCUT2D eigenvalue weighted by Gasteiger charge is -2.13. The number of ether oxygens (including phenoxy) is 1. The van der Waals surface area contributed by atoms with Gasteiger partial charge in [-0.1, -0.05) is 30.3 Å². The molecule has 4 nitrogen and oxygen atoms in total. The minimum atomic E-state index is -2.94. The van der Waals surface area contributed by atoms with Gasteiger partial charge >= 0.3 is 6.61 Å². The highest BCUT2D eigenvalue weighted by Crippen LogP contribution is 2.31. The summed E-state index contributed by atoms with van der Waals surface area (Å²) in [5.74, 6) is -0.291. The number of fused-ring (bicyclic) bond motifs is 1. The minimum absolute atomic E-state index is 0.0507. The van der Waals surface area contributed by atoms with Crippen LogP contribution >= 0.6 is 0 Å². The van der Waals surface area contributed by atoms with E-state index in [4.69, 9.17) is 0 Å². The Labute approximate surface area is 120 Å². The van der Waals surface area contributed by atoms with Gasteiger partial charge in [0.25, 0.3) is 0 Å². The van der Waals surface area contributed by atoms with Crippen LogP contribution in [0.4, 0.5) is 8.78 Å². The summed E-state index contributed by atoms with van der Waals surface area (Å²) < 4.78 is 30.0. The van der Waals surface area contributed by atoms with Crippen molar-refractivity contribution in [3.8, 4) is 5.75 Å². The maximum atomic E-state index is 12.7. The van der Waals surface area contributed by atoms with Gasteiger partial charge in [-0.15, -0.1) is 0 Å². The number of carbonyl (C=O) groups excluding carboxylic acids is 1. The van der Waals surface area contributed by atoms with Crippen molar-refractivity contribution in [3.05, 3.63) is 42.0 Å². The van der Waals surface area contributed by atoms with E-state index in [1.807, 2.05) is 6.07 Å². The van der Waals surface area contributed by atoms with Gasteiger partial charge in [0.2, 0.25) is 5.91 Å². The van der Waals surface area contributed by atoms with E-state index < -0.39 is 6.61 Å². The predicted octanol–water partition coefficient (Wildman–Crippen LogP) is 3.30. The third-order valence-electron chi connectivity index (χ3n) is 2.86. The fourth-order valence-corrected chi connectivity index (χ4v) is 1.97. The molecule has 0 aliphatic carbocycles. The molecule has 110 valence electrons. The summed E-state index contributed by atoms with van der Waals surface area (Å²) in [5, 5.41) is 5.21. The second kappa shape index (κ2) is 6.30. The third kappa shape index (κ3) is 3.53. The largest absolute Gasteiger partial charge is 0.433 e. The maximum Gasteiger partial charge on any atom is 0.387 e. The Morgan fingerprint density at radius 2 is 1.90 bits per heavy atom. The Morgan fingerprint density at radius 3 is 2.57 bits per heavy atom. The van der Waals surface area contributed by atoms with Crippen molar-refractivity contribution in [2.75, 3.05) is 0 Å². The zero-order valence-electron chi connectivity index (χ0n) is 11.6. The van der Waals surface area contributed by atoms with Crippen LogP contribution in [0.2, 0.25) is 0 Å². The molecule has 0 unspecified atom stereocenters. The van der Waals surface area contributed by atoms with Crippen LogP contribution in [0.15, 0.2) is 41.5 Å². The number of halogens is 2. The lowest BCUT2D eigenvalue weighted by Crippen LogP contribution is -2.16. The molecule has 0 atom stereocenters. The number of nitrogens with one attached hydrogen (secondary N) is 1. The van der Waals surface area contributed by atoms with Gasteiger partial charge in [0.1, 0.15) is 5.75 Å². The fourth-order valence-electron chi connectivity index (χ4n) is 1.97. The van der Waals surface area contributed by atoms with Gasteiger partial charge in [-0.05, 0) is 18.4 Å². The van der Waals surface area contributed by atoms with E-state index in [0.29, 0.717) is 16.7 Å². The first-order chi connectivity index (χ1) is 9.99. The number of carbonyl (C=O) groups is 1. The number of hydrogen-bond acceptors (Lipinski definition) is 3. The van der Waals surface area contributed by atoms with E-state index in [0.717, 1.165) is 5.39 Å². The molecule has 2 aromatic carbocycles. The molecule has 21 heavy (non-hydrogen) atoms. The molecule has 0 aliphatic rings. The number of hydrazone groups is 1. The summed E-state index contributed by atoms with van der Waals surface area (Å²) in [4.78, 5) is 10.9. The van der Waals surface area contributed by atoms with Crippen LogP contribution < -0.4 is 10.2 Å². The van der Waals surface area contributed by atoms with Gasteiger partial charge in [-0.2, -0.15) is 13.9 Å². The summed E-state index contributed by atoms with van der Waals surface area (Å²) in [7, 11) is 0. The van der Waals surface area contributed by atoms with Crippen LogP contribution in [0.3, 0.4) is 0 Å². The highest BCUT2D eigenvalue weighted by molar-refractivity contribution is 6.06. The molecule has 0 spiro atoms. The quantitative estimate of drug-likeness (QED) is 0.694. The topological polar surface area (TPSA) is 50.7 Å². The zero-order valence-corrected chi connectivity index (χ0v) is 11.6. The van der Waals surface area contributed by atoms with E-state index in [1.54, 1.807) is 37.3 Å². The molecule has 6 heteroatoms. The molecule has 0 aromatic heterocycles. The van der Waals surface area contributed by atoms with Crippen LogP contribution in [0.25, 0.3) is 10.8 Å². The third-order valence-corrected chi connectivity index (χ3v) is 2.86. The Kier molecular flexibility index (Phi) is 4.47. The molecule has 0 aliphatic heterocycles. The molecule has 2 aromatic rings. The molecular weight excluding hydrogens is 278 g/mol. The van der Waals surface area contributed by atoms with Gasteiger partial charge in [0.05, 0.1) is 5.71 Å². The Hall–Kier alpha value is -2.50. The summed E-state index contributed by atoms with van der Waals surface area (Å²) >= 11 is 0. The predicted molar refractivity (Wildman–Crippen MR) is 76.6 cm³/mol. The van der Waals surface area contributed by atoms with E-state index in [9.17, 15) is 13.6 Å². The lowest BCUT2D eigenvalue weighted by atomic mass is 10.0. The lowest BCUT2D eigenvalue weighted by molar-refractivity contribution is -0.118. The van der Waals surface area contributed by atoms with Crippen molar-refractivity contribution in [1.29, 1.82) is 0 Å². The van der Waals surface area contributed by atoms with Crippen molar-refractivity contribution < 1.29 is 18.3 Å². The number of amides is 1. The highest BCUT2D eigenvalue weighted by Gasteiger charge is 2.15. The van der Waals surface area contributed by atoms with Crippen molar-refractivity contribution in [3.63, 3.8) is 0 Å². The van der Waals surface area contributed by atoms with Crippen LogP contribution in [0, 0.1) is 0 Å². The molecule has 0 heterocycles. The number of alkyl halides is 2. The molecule has 0 radical (unpaired) electrons. The standard InChI is InChI=1S/C15H14F2N2O2/c1-9(18-19-10(2)20)12-8-7-11-5-3-4-6-13(11)14(12)21-15(16)17/h3-8,15H,1-2H3,(H,19,20)/b18-9+. The van der Waals surface area contributed by atoms with Crippen LogP contribution in [-0.4, -0.2) is 18.2 Å². The van der Waals surface area contributed by atoms with Gasteiger partial charge in [0, 0.05) is 17.9 Å². The normalized spacial score (nSPS) is 11.8. The molecule has 2 rings (SSSR count). The van der Waals surface area contributed by atoms with Crippen molar-refractivity contribution in [2.24, 2.45) is 5.10 Å². The summed E-state index contributed by atoms with van der Waals surface area (Å²) in [6.07, 6.45) is 0. The fraction of sp³-hybridized carbons (Fsp3) is 0.200. The van der Waals surface area contributed by atoms with Gasteiger partial charge < -0.3 is 4.74 Å². The van der Waals surface area contributed by atoms with Crippen molar-refractivity contribution in [1.82, 2.24) is 5.43 Å². The summed E-state index contributed by atoms with van der Waals surface area (Å²) in [6, 6.07) is 10.5. The molecular formula is C15H14F2N2O2. The van der Waals surface area contributed by atoms with Crippen LogP contribution in [-0.2, 0) is 4.79 Å². The van der Waals surface area contributed by atoms with Crippen molar-refractivity contribution >= 4 is 22.4 Å². The average Bonchev–Trinajstić information content (AvgIpc) is 2.44. The van der Waals surface area contributed by atoms with E-state index in [-0.39, 0.29) is 11.7 Å². The van der Waals surface area contributed by atoms with E-state index >= 15 is 0 Å². The maximum absolute atomic E-state index is 12.7. The second-order valence-electron chi connectivity index (χ2n) is 4.41. The molecule has 0 saturated carbocycles. The number of nitrogens with zero attached hydrogens (tertiary/aromatic N) is 1. The molecule has 1 N–H and O–H groups in total. The average molecular weight is 292 g/mol. The monoisotopic (exact) mass is 292 g/mol. The van der Waals surface area contributed by atoms with E-state index in [1.165, 1.54) is 6.92 Å². The Balaban J connectivity index is 2.56. The Bertz CT molecular complexity index is 699. The smallest absolute Gasteiger partial charge is 0.387 e. The van der Waals surface area contributed by atoms with Gasteiger partial charge in [-0.25, -0.2) is 5.43 Å². The molecule has 1 amide bonds. The first-order valence-electron chi connectivity index (χ1n) is 6.27. The first kappa shape index (κ1) is 14.9.